The van der Waals surface area contributed by atoms with Crippen molar-refractivity contribution in [3.8, 4) is 0 Å². The van der Waals surface area contributed by atoms with Crippen LogP contribution in [0.2, 0.25) is 0 Å². The van der Waals surface area contributed by atoms with Gasteiger partial charge in [0.25, 0.3) is 0 Å². The minimum atomic E-state index is -0.0444. The second-order valence-corrected chi connectivity index (χ2v) is 3.65. The van der Waals surface area contributed by atoms with Crippen molar-refractivity contribution in [2.75, 3.05) is 6.61 Å². The van der Waals surface area contributed by atoms with E-state index in [4.69, 9.17) is 5.90 Å². The molecule has 0 amide bonds. The van der Waals surface area contributed by atoms with Crippen LogP contribution in [0.3, 0.4) is 0 Å². The molecule has 0 saturated heterocycles. The Balaban J connectivity index is 2.26. The van der Waals surface area contributed by atoms with Gasteiger partial charge in [-0.15, -0.1) is 0 Å². The number of benzene rings is 1. The largest absolute Gasteiger partial charge is 0.304 e. The molecule has 0 spiro atoms. The first-order valence-electron chi connectivity index (χ1n) is 4.93. The molecule has 2 N–H and O–H groups in total. The van der Waals surface area contributed by atoms with Gasteiger partial charge in [-0.1, -0.05) is 12.1 Å². The van der Waals surface area contributed by atoms with Gasteiger partial charge in [-0.05, 0) is 36.0 Å². The van der Waals surface area contributed by atoms with Crippen LogP contribution in [-0.2, 0) is 24.1 Å². The van der Waals surface area contributed by atoms with Crippen molar-refractivity contribution in [1.29, 1.82) is 0 Å². The lowest BCUT2D eigenvalue weighted by Crippen LogP contribution is -2.06. The van der Waals surface area contributed by atoms with Crippen LogP contribution in [0.4, 0.5) is 4.39 Å². The number of rotatable bonds is 3. The highest BCUT2D eigenvalue weighted by Gasteiger charge is 2.17. The summed E-state index contributed by atoms with van der Waals surface area (Å²) in [6, 6.07) is 3.87. The Morgan fingerprint density at radius 3 is 3.00 bits per heavy atom. The molecule has 1 aliphatic rings. The van der Waals surface area contributed by atoms with E-state index in [1.54, 1.807) is 0 Å². The van der Waals surface area contributed by atoms with Gasteiger partial charge in [0.1, 0.15) is 5.82 Å². The zero-order valence-corrected chi connectivity index (χ0v) is 8.05. The van der Waals surface area contributed by atoms with E-state index in [-0.39, 0.29) is 5.82 Å². The van der Waals surface area contributed by atoms with E-state index < -0.39 is 0 Å². The Hall–Kier alpha value is -0.930. The van der Waals surface area contributed by atoms with Crippen molar-refractivity contribution in [1.82, 2.24) is 0 Å². The molecule has 1 aromatic rings. The predicted molar refractivity (Wildman–Crippen MR) is 52.3 cm³/mol. The standard InChI is InChI=1S/C11H14FNO/c12-11-9(6-7-14-13)5-4-8-2-1-3-10(8)11/h4-5H,1-3,6-7,13H2. The average Bonchev–Trinajstić information content (AvgIpc) is 2.66. The maximum absolute atomic E-state index is 13.8. The first-order chi connectivity index (χ1) is 6.83. The van der Waals surface area contributed by atoms with Crippen molar-refractivity contribution in [2.45, 2.75) is 25.7 Å². The third-order valence-electron chi connectivity index (χ3n) is 2.78. The summed E-state index contributed by atoms with van der Waals surface area (Å²) in [7, 11) is 0. The number of nitrogens with two attached hydrogens (primary N) is 1. The number of halogens is 1. The molecule has 2 rings (SSSR count). The smallest absolute Gasteiger partial charge is 0.129 e. The molecule has 0 aromatic heterocycles. The molecule has 0 radical (unpaired) electrons. The molecule has 1 aromatic carbocycles. The molecule has 3 heteroatoms. The van der Waals surface area contributed by atoms with Gasteiger partial charge < -0.3 is 4.84 Å². The van der Waals surface area contributed by atoms with Gasteiger partial charge in [-0.2, -0.15) is 0 Å². The fourth-order valence-electron chi connectivity index (χ4n) is 2.03. The van der Waals surface area contributed by atoms with Gasteiger partial charge in [0.15, 0.2) is 0 Å². The first-order valence-corrected chi connectivity index (χ1v) is 4.93. The monoisotopic (exact) mass is 195 g/mol. The van der Waals surface area contributed by atoms with E-state index in [0.29, 0.717) is 13.0 Å². The molecule has 0 unspecified atom stereocenters. The van der Waals surface area contributed by atoms with Crippen LogP contribution in [0, 0.1) is 5.82 Å². The fraction of sp³-hybridized carbons (Fsp3) is 0.455. The Morgan fingerprint density at radius 1 is 1.36 bits per heavy atom. The SMILES string of the molecule is NOCCc1ccc2c(c1F)CCC2. The minimum Gasteiger partial charge on any atom is -0.304 e. The second kappa shape index (κ2) is 4.07. The Morgan fingerprint density at radius 2 is 2.21 bits per heavy atom. The lowest BCUT2D eigenvalue weighted by molar-refractivity contribution is 0.140. The summed E-state index contributed by atoms with van der Waals surface area (Å²) in [5, 5.41) is 0. The quantitative estimate of drug-likeness (QED) is 0.746. The van der Waals surface area contributed by atoms with Crippen LogP contribution in [0.15, 0.2) is 12.1 Å². The third-order valence-corrected chi connectivity index (χ3v) is 2.78. The molecule has 0 bridgehead atoms. The number of hydrogen-bond donors (Lipinski definition) is 1. The summed E-state index contributed by atoms with van der Waals surface area (Å²) >= 11 is 0. The van der Waals surface area contributed by atoms with Gasteiger partial charge in [0.2, 0.25) is 0 Å². The van der Waals surface area contributed by atoms with Gasteiger partial charge in [-0.25, -0.2) is 10.3 Å². The second-order valence-electron chi connectivity index (χ2n) is 3.65. The number of fused-ring (bicyclic) bond motifs is 1. The van der Waals surface area contributed by atoms with Crippen LogP contribution in [0.5, 0.6) is 0 Å². The van der Waals surface area contributed by atoms with Crippen molar-refractivity contribution >= 4 is 0 Å². The maximum Gasteiger partial charge on any atom is 0.129 e. The maximum atomic E-state index is 13.8. The van der Waals surface area contributed by atoms with Gasteiger partial charge in [0.05, 0.1) is 6.61 Å². The van der Waals surface area contributed by atoms with Gasteiger partial charge in [-0.3, -0.25) is 0 Å². The summed E-state index contributed by atoms with van der Waals surface area (Å²) in [5.41, 5.74) is 2.79. The number of aryl methyl sites for hydroxylation is 1. The Kier molecular flexibility index (Phi) is 2.79. The fourth-order valence-corrected chi connectivity index (χ4v) is 2.03. The van der Waals surface area contributed by atoms with Crippen molar-refractivity contribution in [2.24, 2.45) is 5.90 Å². The van der Waals surface area contributed by atoms with Crippen LogP contribution >= 0.6 is 0 Å². The average molecular weight is 195 g/mol. The van der Waals surface area contributed by atoms with Crippen molar-refractivity contribution < 1.29 is 9.23 Å². The molecular formula is C11H14FNO. The van der Waals surface area contributed by atoms with E-state index in [2.05, 4.69) is 4.84 Å². The van der Waals surface area contributed by atoms with Gasteiger partial charge >= 0.3 is 0 Å². The summed E-state index contributed by atoms with van der Waals surface area (Å²) in [6.07, 6.45) is 3.51. The van der Waals surface area contributed by atoms with Crippen molar-refractivity contribution in [3.05, 3.63) is 34.6 Å². The summed E-state index contributed by atoms with van der Waals surface area (Å²) in [6.45, 7) is 0.371. The number of hydrogen-bond acceptors (Lipinski definition) is 2. The molecule has 0 atom stereocenters. The molecule has 1 aliphatic carbocycles. The molecule has 0 fully saturated rings. The molecule has 14 heavy (non-hydrogen) atoms. The van der Waals surface area contributed by atoms with Crippen LogP contribution in [0.1, 0.15) is 23.1 Å². The molecule has 0 heterocycles. The van der Waals surface area contributed by atoms with E-state index in [1.807, 2.05) is 12.1 Å². The van der Waals surface area contributed by atoms with Crippen LogP contribution in [-0.4, -0.2) is 6.61 Å². The predicted octanol–water partition coefficient (Wildman–Crippen LogP) is 1.75. The van der Waals surface area contributed by atoms with Crippen molar-refractivity contribution in [3.63, 3.8) is 0 Å². The van der Waals surface area contributed by atoms with E-state index in [0.717, 1.165) is 30.4 Å². The van der Waals surface area contributed by atoms with E-state index in [9.17, 15) is 4.39 Å². The van der Waals surface area contributed by atoms with E-state index >= 15 is 0 Å². The zero-order chi connectivity index (χ0) is 9.97. The lowest BCUT2D eigenvalue weighted by atomic mass is 10.0. The topological polar surface area (TPSA) is 35.2 Å². The molecule has 2 nitrogen and oxygen atoms in total. The third kappa shape index (κ3) is 1.65. The highest BCUT2D eigenvalue weighted by molar-refractivity contribution is 5.37. The summed E-state index contributed by atoms with van der Waals surface area (Å²) in [5.74, 6) is 4.87. The Bertz CT molecular complexity index is 338. The molecule has 76 valence electrons. The van der Waals surface area contributed by atoms with E-state index in [1.165, 1.54) is 5.56 Å². The highest BCUT2D eigenvalue weighted by Crippen LogP contribution is 2.26. The normalized spacial score (nSPS) is 14.4. The first kappa shape index (κ1) is 9.62. The highest BCUT2D eigenvalue weighted by atomic mass is 19.1. The van der Waals surface area contributed by atoms with Crippen LogP contribution < -0.4 is 5.90 Å². The summed E-state index contributed by atoms with van der Waals surface area (Å²) in [4.78, 5) is 4.45. The minimum absolute atomic E-state index is 0.0444. The summed E-state index contributed by atoms with van der Waals surface area (Å²) < 4.78 is 13.8. The molecular weight excluding hydrogens is 181 g/mol. The lowest BCUT2D eigenvalue weighted by Gasteiger charge is -2.06. The van der Waals surface area contributed by atoms with Crippen LogP contribution in [0.25, 0.3) is 0 Å². The zero-order valence-electron chi connectivity index (χ0n) is 8.05. The van der Waals surface area contributed by atoms with Gasteiger partial charge in [0, 0.05) is 6.42 Å². The molecule has 0 saturated carbocycles. The Labute approximate surface area is 82.8 Å². The molecule has 0 aliphatic heterocycles.